The van der Waals surface area contributed by atoms with Crippen LogP contribution >= 0.6 is 0 Å². The lowest BCUT2D eigenvalue weighted by molar-refractivity contribution is -0.690. The number of Topliss-reactive ketones (excluding diaryl/α,β-unsaturated/α-hetero) is 1. The third kappa shape index (κ3) is 4.02. The van der Waals surface area contributed by atoms with Crippen LogP contribution in [0.3, 0.4) is 0 Å². The van der Waals surface area contributed by atoms with Crippen molar-refractivity contribution in [3.05, 3.63) is 66.0 Å². The van der Waals surface area contributed by atoms with Crippen molar-refractivity contribution in [3.8, 4) is 0 Å². The summed E-state index contributed by atoms with van der Waals surface area (Å²) in [6.45, 7) is 2.90. The normalized spacial score (nSPS) is 10.4. The number of carbonyl (C=O) groups is 1. The number of aromatic nitrogens is 1. The van der Waals surface area contributed by atoms with Gasteiger partial charge in [-0.2, -0.15) is 4.57 Å². The average Bonchev–Trinajstić information content (AvgIpc) is 2.49. The van der Waals surface area contributed by atoms with Gasteiger partial charge in [-0.05, 0) is 12.5 Å². The Labute approximate surface area is 121 Å². The topological polar surface area (TPSA) is 20.9 Å². The highest BCUT2D eigenvalue weighted by atomic mass is 16.1. The molecule has 0 amide bonds. The van der Waals surface area contributed by atoms with Crippen molar-refractivity contribution in [2.45, 2.75) is 39.2 Å². The van der Waals surface area contributed by atoms with E-state index in [9.17, 15) is 4.79 Å². The first-order valence-corrected chi connectivity index (χ1v) is 7.37. The van der Waals surface area contributed by atoms with Gasteiger partial charge < -0.3 is 0 Å². The van der Waals surface area contributed by atoms with Gasteiger partial charge in [-0.1, -0.05) is 50.1 Å². The van der Waals surface area contributed by atoms with E-state index in [1.165, 1.54) is 5.56 Å². The van der Waals surface area contributed by atoms with Crippen molar-refractivity contribution in [2.75, 3.05) is 0 Å². The van der Waals surface area contributed by atoms with Gasteiger partial charge in [0.1, 0.15) is 0 Å². The molecule has 0 aliphatic rings. The molecule has 0 aliphatic carbocycles. The maximum absolute atomic E-state index is 12.3. The predicted molar refractivity (Wildman–Crippen MR) is 80.7 cm³/mol. The van der Waals surface area contributed by atoms with Crippen molar-refractivity contribution in [1.82, 2.24) is 0 Å². The fourth-order valence-electron chi connectivity index (χ4n) is 2.31. The number of unbranched alkanes of at least 4 members (excludes halogenated alkanes) is 2. The number of nitrogens with zero attached hydrogens (tertiary/aromatic N) is 1. The van der Waals surface area contributed by atoms with Crippen LogP contribution in [0.15, 0.2) is 54.7 Å². The number of hydrogen-bond donors (Lipinski definition) is 0. The molecule has 1 heterocycles. The molecule has 104 valence electrons. The molecule has 0 saturated heterocycles. The number of benzene rings is 1. The Morgan fingerprint density at radius 3 is 2.50 bits per heavy atom. The molecular formula is C18H22NO+. The number of ketones is 1. The fraction of sp³-hybridized carbons (Fsp3) is 0.333. The van der Waals surface area contributed by atoms with E-state index in [-0.39, 0.29) is 5.78 Å². The summed E-state index contributed by atoms with van der Waals surface area (Å²) in [4.78, 5) is 12.3. The Morgan fingerprint density at radius 2 is 1.75 bits per heavy atom. The Morgan fingerprint density at radius 1 is 1.00 bits per heavy atom. The van der Waals surface area contributed by atoms with Gasteiger partial charge in [0.05, 0.1) is 0 Å². The minimum atomic E-state index is 0.245. The standard InChI is InChI=1S/C18H22NO/c1-2-3-5-13-18(20)17-12-8-9-14-19(17)15-16-10-6-4-7-11-16/h4,6-12,14H,2-3,5,13,15H2,1H3/q+1. The Bertz CT molecular complexity index is 548. The molecule has 0 bridgehead atoms. The SMILES string of the molecule is CCCCCC(=O)c1cccc[n+]1Cc1ccccc1. The van der Waals surface area contributed by atoms with Gasteiger partial charge in [-0.15, -0.1) is 0 Å². The van der Waals surface area contributed by atoms with Gasteiger partial charge in [0.15, 0.2) is 12.7 Å². The fourth-order valence-corrected chi connectivity index (χ4v) is 2.31. The number of pyridine rings is 1. The lowest BCUT2D eigenvalue weighted by Gasteiger charge is -2.03. The van der Waals surface area contributed by atoms with Gasteiger partial charge >= 0.3 is 0 Å². The molecule has 0 radical (unpaired) electrons. The van der Waals surface area contributed by atoms with Crippen LogP contribution in [-0.2, 0) is 6.54 Å². The molecule has 0 aliphatic heterocycles. The minimum Gasteiger partial charge on any atom is -0.287 e. The van der Waals surface area contributed by atoms with Crippen molar-refractivity contribution in [1.29, 1.82) is 0 Å². The Balaban J connectivity index is 2.11. The summed E-state index contributed by atoms with van der Waals surface area (Å²) in [7, 11) is 0. The Hall–Kier alpha value is -1.96. The molecule has 0 spiro atoms. The molecule has 2 rings (SSSR count). The number of rotatable bonds is 7. The van der Waals surface area contributed by atoms with Crippen LogP contribution in [0.1, 0.15) is 48.7 Å². The molecule has 1 aromatic heterocycles. The minimum absolute atomic E-state index is 0.245. The quantitative estimate of drug-likeness (QED) is 0.425. The third-order valence-corrected chi connectivity index (χ3v) is 3.43. The zero-order chi connectivity index (χ0) is 14.2. The summed E-state index contributed by atoms with van der Waals surface area (Å²) < 4.78 is 2.05. The molecule has 1 aromatic carbocycles. The second-order valence-corrected chi connectivity index (χ2v) is 5.08. The van der Waals surface area contributed by atoms with E-state index >= 15 is 0 Å². The molecule has 0 saturated carbocycles. The average molecular weight is 268 g/mol. The summed E-state index contributed by atoms with van der Waals surface area (Å²) in [5.74, 6) is 0.245. The first-order valence-electron chi connectivity index (χ1n) is 7.37. The summed E-state index contributed by atoms with van der Waals surface area (Å²) in [6, 6.07) is 16.1. The van der Waals surface area contributed by atoms with Crippen LogP contribution in [0.5, 0.6) is 0 Å². The molecule has 2 heteroatoms. The van der Waals surface area contributed by atoms with E-state index in [0.717, 1.165) is 31.5 Å². The molecular weight excluding hydrogens is 246 g/mol. The van der Waals surface area contributed by atoms with E-state index in [2.05, 4.69) is 19.1 Å². The maximum Gasteiger partial charge on any atom is 0.248 e. The summed E-state index contributed by atoms with van der Waals surface area (Å²) in [5, 5.41) is 0. The van der Waals surface area contributed by atoms with Crippen LogP contribution in [0, 0.1) is 0 Å². The molecule has 0 unspecified atom stereocenters. The van der Waals surface area contributed by atoms with Crippen LogP contribution < -0.4 is 4.57 Å². The van der Waals surface area contributed by atoms with Gasteiger partial charge in [0.25, 0.3) is 0 Å². The maximum atomic E-state index is 12.3. The zero-order valence-corrected chi connectivity index (χ0v) is 12.1. The van der Waals surface area contributed by atoms with Crippen LogP contribution in [0.25, 0.3) is 0 Å². The summed E-state index contributed by atoms with van der Waals surface area (Å²) in [6.07, 6.45) is 5.88. The highest BCUT2D eigenvalue weighted by Crippen LogP contribution is 2.06. The molecule has 0 atom stereocenters. The van der Waals surface area contributed by atoms with Crippen molar-refractivity contribution < 1.29 is 9.36 Å². The number of carbonyl (C=O) groups excluding carboxylic acids is 1. The lowest BCUT2D eigenvalue weighted by Crippen LogP contribution is -2.40. The van der Waals surface area contributed by atoms with E-state index < -0.39 is 0 Å². The first kappa shape index (κ1) is 14.4. The summed E-state index contributed by atoms with van der Waals surface area (Å²) in [5.41, 5.74) is 2.03. The third-order valence-electron chi connectivity index (χ3n) is 3.43. The number of hydrogen-bond acceptors (Lipinski definition) is 1. The largest absolute Gasteiger partial charge is 0.287 e. The highest BCUT2D eigenvalue weighted by Gasteiger charge is 2.17. The monoisotopic (exact) mass is 268 g/mol. The van der Waals surface area contributed by atoms with Gasteiger partial charge in [-0.3, -0.25) is 4.79 Å². The van der Waals surface area contributed by atoms with Crippen molar-refractivity contribution in [2.24, 2.45) is 0 Å². The second kappa shape index (κ2) is 7.59. The van der Waals surface area contributed by atoms with Crippen LogP contribution in [0.4, 0.5) is 0 Å². The van der Waals surface area contributed by atoms with E-state index in [1.807, 2.05) is 47.2 Å². The predicted octanol–water partition coefficient (Wildman–Crippen LogP) is 3.79. The van der Waals surface area contributed by atoms with Crippen molar-refractivity contribution in [3.63, 3.8) is 0 Å². The van der Waals surface area contributed by atoms with E-state index in [4.69, 9.17) is 0 Å². The van der Waals surface area contributed by atoms with E-state index in [1.54, 1.807) is 0 Å². The molecule has 0 N–H and O–H groups in total. The smallest absolute Gasteiger partial charge is 0.248 e. The van der Waals surface area contributed by atoms with E-state index in [0.29, 0.717) is 6.42 Å². The molecule has 2 nitrogen and oxygen atoms in total. The van der Waals surface area contributed by atoms with Gasteiger partial charge in [-0.25, -0.2) is 0 Å². The summed E-state index contributed by atoms with van der Waals surface area (Å²) >= 11 is 0. The molecule has 20 heavy (non-hydrogen) atoms. The highest BCUT2D eigenvalue weighted by molar-refractivity contribution is 5.92. The van der Waals surface area contributed by atoms with Crippen LogP contribution in [0.2, 0.25) is 0 Å². The molecule has 2 aromatic rings. The first-order chi connectivity index (χ1) is 9.81. The van der Waals surface area contributed by atoms with Crippen LogP contribution in [-0.4, -0.2) is 5.78 Å². The Kier molecular flexibility index (Phi) is 5.48. The second-order valence-electron chi connectivity index (χ2n) is 5.08. The van der Waals surface area contributed by atoms with Gasteiger partial charge in [0, 0.05) is 24.1 Å². The van der Waals surface area contributed by atoms with Crippen molar-refractivity contribution >= 4 is 5.78 Å². The van der Waals surface area contributed by atoms with Gasteiger partial charge in [0.2, 0.25) is 11.5 Å². The lowest BCUT2D eigenvalue weighted by atomic mass is 10.1. The zero-order valence-electron chi connectivity index (χ0n) is 12.1. The molecule has 0 fully saturated rings.